The van der Waals surface area contributed by atoms with Gasteiger partial charge < -0.3 is 19.2 Å². The van der Waals surface area contributed by atoms with Crippen molar-refractivity contribution in [2.75, 3.05) is 19.5 Å². The van der Waals surface area contributed by atoms with Crippen molar-refractivity contribution in [2.24, 2.45) is 0 Å². The lowest BCUT2D eigenvalue weighted by Gasteiger charge is -2.08. The summed E-state index contributed by atoms with van der Waals surface area (Å²) in [5, 5.41) is 1.81. The Kier molecular flexibility index (Phi) is 4.69. The smallest absolute Gasteiger partial charge is 0.471 e. The molecular formula is C18H15F3N2O4. The number of anilines is 1. The molecule has 0 atom stereocenters. The predicted octanol–water partition coefficient (Wildman–Crippen LogP) is 4.32. The van der Waals surface area contributed by atoms with Gasteiger partial charge in [0.05, 0.1) is 14.2 Å². The second-order valence-corrected chi connectivity index (χ2v) is 5.71. The first kappa shape index (κ1) is 18.6. The van der Waals surface area contributed by atoms with Crippen LogP contribution in [-0.4, -0.2) is 31.3 Å². The number of aryl methyl sites for hydroxylation is 1. The number of alkyl halides is 3. The van der Waals surface area contributed by atoms with Gasteiger partial charge in [-0.3, -0.25) is 4.79 Å². The van der Waals surface area contributed by atoms with E-state index in [9.17, 15) is 18.0 Å². The van der Waals surface area contributed by atoms with Crippen LogP contribution in [0.5, 0.6) is 11.5 Å². The molecule has 0 aliphatic heterocycles. The highest BCUT2D eigenvalue weighted by Crippen LogP contribution is 2.33. The van der Waals surface area contributed by atoms with Crippen LogP contribution in [0.3, 0.4) is 0 Å². The fraction of sp³-hybridized carbons (Fsp3) is 0.222. The van der Waals surface area contributed by atoms with Gasteiger partial charge in [0.1, 0.15) is 17.0 Å². The van der Waals surface area contributed by atoms with E-state index >= 15 is 0 Å². The number of hydrogen-bond donors (Lipinski definition) is 1. The molecule has 0 aliphatic carbocycles. The molecule has 27 heavy (non-hydrogen) atoms. The first-order valence-corrected chi connectivity index (χ1v) is 7.74. The zero-order chi connectivity index (χ0) is 19.8. The van der Waals surface area contributed by atoms with Crippen molar-refractivity contribution in [3.63, 3.8) is 0 Å². The van der Waals surface area contributed by atoms with Crippen molar-refractivity contribution in [1.29, 1.82) is 0 Å². The fourth-order valence-corrected chi connectivity index (χ4v) is 2.53. The lowest BCUT2D eigenvalue weighted by atomic mass is 10.2. The Balaban J connectivity index is 2.03. The van der Waals surface area contributed by atoms with Crippen LogP contribution in [0.2, 0.25) is 0 Å². The molecule has 0 radical (unpaired) electrons. The Morgan fingerprint density at radius 1 is 1.07 bits per heavy atom. The topological polar surface area (TPSA) is 73.6 Å². The number of fused-ring (bicyclic) bond motifs is 1. The van der Waals surface area contributed by atoms with Gasteiger partial charge in [-0.05, 0) is 36.8 Å². The molecule has 0 aliphatic rings. The van der Waals surface area contributed by atoms with Gasteiger partial charge in [-0.1, -0.05) is 0 Å². The number of methoxy groups -OCH3 is 2. The first-order chi connectivity index (χ1) is 12.7. The number of nitrogens with zero attached hydrogens (tertiary/aromatic N) is 1. The Bertz CT molecular complexity index is 989. The molecule has 1 amide bonds. The van der Waals surface area contributed by atoms with Crippen LogP contribution in [0.25, 0.3) is 22.6 Å². The minimum atomic E-state index is -4.98. The minimum absolute atomic E-state index is 0.0228. The predicted molar refractivity (Wildman–Crippen MR) is 92.0 cm³/mol. The maximum atomic E-state index is 12.4. The number of nitrogens with one attached hydrogen (secondary N) is 1. The number of rotatable bonds is 4. The van der Waals surface area contributed by atoms with Crippen molar-refractivity contribution in [2.45, 2.75) is 13.1 Å². The summed E-state index contributed by atoms with van der Waals surface area (Å²) >= 11 is 0. The summed E-state index contributed by atoms with van der Waals surface area (Å²) in [6.45, 7) is 1.65. The van der Waals surface area contributed by atoms with Crippen LogP contribution in [0.4, 0.5) is 18.9 Å². The summed E-state index contributed by atoms with van der Waals surface area (Å²) in [6.07, 6.45) is -4.98. The second-order valence-electron chi connectivity index (χ2n) is 5.71. The van der Waals surface area contributed by atoms with E-state index in [1.54, 1.807) is 25.1 Å². The van der Waals surface area contributed by atoms with Crippen molar-refractivity contribution >= 4 is 22.7 Å². The Morgan fingerprint density at radius 3 is 2.26 bits per heavy atom. The number of halogens is 3. The van der Waals surface area contributed by atoms with Crippen LogP contribution < -0.4 is 14.8 Å². The molecular weight excluding hydrogens is 365 g/mol. The molecule has 0 saturated carbocycles. The van der Waals surface area contributed by atoms with Gasteiger partial charge in [0, 0.05) is 17.3 Å². The Labute approximate surface area is 151 Å². The summed E-state index contributed by atoms with van der Waals surface area (Å²) in [6, 6.07) is 7.76. The third kappa shape index (κ3) is 3.81. The Hall–Kier alpha value is -3.23. The van der Waals surface area contributed by atoms with E-state index in [0.29, 0.717) is 33.7 Å². The first-order valence-electron chi connectivity index (χ1n) is 7.74. The molecule has 0 saturated heterocycles. The van der Waals surface area contributed by atoms with E-state index in [4.69, 9.17) is 13.9 Å². The van der Waals surface area contributed by atoms with Gasteiger partial charge in [-0.25, -0.2) is 4.98 Å². The van der Waals surface area contributed by atoms with Crippen LogP contribution in [-0.2, 0) is 4.79 Å². The number of amides is 1. The Morgan fingerprint density at radius 2 is 1.70 bits per heavy atom. The molecule has 3 aromatic rings. The number of oxazole rings is 1. The normalized spacial score (nSPS) is 11.5. The zero-order valence-corrected chi connectivity index (χ0v) is 14.6. The molecule has 1 heterocycles. The largest absolute Gasteiger partial charge is 0.497 e. The van der Waals surface area contributed by atoms with Crippen LogP contribution in [0.15, 0.2) is 34.7 Å². The number of carbonyl (C=O) groups excluding carboxylic acids is 1. The van der Waals surface area contributed by atoms with Gasteiger partial charge >= 0.3 is 12.1 Å². The second kappa shape index (κ2) is 6.82. The van der Waals surface area contributed by atoms with E-state index in [1.807, 2.05) is 5.32 Å². The molecule has 0 spiro atoms. The number of ether oxygens (including phenoxy) is 2. The molecule has 142 valence electrons. The van der Waals surface area contributed by atoms with E-state index in [-0.39, 0.29) is 11.6 Å². The third-order valence-electron chi connectivity index (χ3n) is 3.79. The van der Waals surface area contributed by atoms with Crippen molar-refractivity contribution in [3.8, 4) is 23.0 Å². The molecule has 1 N–H and O–H groups in total. The van der Waals surface area contributed by atoms with Gasteiger partial charge in [-0.2, -0.15) is 13.2 Å². The number of carbonyl (C=O) groups is 1. The van der Waals surface area contributed by atoms with Gasteiger partial charge in [0.15, 0.2) is 5.58 Å². The number of benzene rings is 2. The molecule has 9 heteroatoms. The molecule has 3 rings (SSSR count). The third-order valence-corrected chi connectivity index (χ3v) is 3.79. The lowest BCUT2D eigenvalue weighted by Crippen LogP contribution is -2.29. The van der Waals surface area contributed by atoms with Crippen molar-refractivity contribution in [1.82, 2.24) is 4.98 Å². The average molecular weight is 380 g/mol. The van der Waals surface area contributed by atoms with E-state index in [2.05, 4.69) is 4.98 Å². The van der Waals surface area contributed by atoms with E-state index in [1.165, 1.54) is 26.4 Å². The fourth-order valence-electron chi connectivity index (χ4n) is 2.53. The van der Waals surface area contributed by atoms with Crippen LogP contribution >= 0.6 is 0 Å². The molecule has 1 aromatic heterocycles. The average Bonchev–Trinajstić information content (AvgIpc) is 3.05. The number of hydrogen-bond acceptors (Lipinski definition) is 5. The van der Waals surface area contributed by atoms with Crippen LogP contribution in [0.1, 0.15) is 5.56 Å². The van der Waals surface area contributed by atoms with E-state index in [0.717, 1.165) is 0 Å². The SMILES string of the molecule is COc1cc(OC)cc(-c2nc3cc(NC(=O)C(F)(F)F)cc(C)c3o2)c1. The molecule has 2 aromatic carbocycles. The van der Waals surface area contributed by atoms with Gasteiger partial charge in [0.2, 0.25) is 5.89 Å². The summed E-state index contributed by atoms with van der Waals surface area (Å²) in [5.41, 5.74) is 1.78. The summed E-state index contributed by atoms with van der Waals surface area (Å²) in [4.78, 5) is 15.5. The highest BCUT2D eigenvalue weighted by molar-refractivity contribution is 5.97. The lowest BCUT2D eigenvalue weighted by molar-refractivity contribution is -0.167. The summed E-state index contributed by atoms with van der Waals surface area (Å²) in [5.74, 6) is -0.755. The van der Waals surface area contributed by atoms with Crippen molar-refractivity contribution < 1.29 is 31.9 Å². The number of aromatic nitrogens is 1. The summed E-state index contributed by atoms with van der Waals surface area (Å²) in [7, 11) is 3.01. The zero-order valence-electron chi connectivity index (χ0n) is 14.6. The quantitative estimate of drug-likeness (QED) is 0.730. The van der Waals surface area contributed by atoms with Crippen molar-refractivity contribution in [3.05, 3.63) is 35.9 Å². The highest BCUT2D eigenvalue weighted by atomic mass is 19.4. The maximum Gasteiger partial charge on any atom is 0.471 e. The highest BCUT2D eigenvalue weighted by Gasteiger charge is 2.38. The van der Waals surface area contributed by atoms with Crippen LogP contribution in [0, 0.1) is 6.92 Å². The molecule has 0 bridgehead atoms. The monoisotopic (exact) mass is 380 g/mol. The molecule has 0 unspecified atom stereocenters. The summed E-state index contributed by atoms with van der Waals surface area (Å²) < 4.78 is 53.5. The standard InChI is InChI=1S/C18H15F3N2O4/c1-9-4-11(22-17(24)18(19,20)21)7-14-15(9)27-16(23-14)10-5-12(25-2)8-13(6-10)26-3/h4-8H,1-3H3,(H,22,24). The van der Waals surface area contributed by atoms with Gasteiger partial charge in [-0.15, -0.1) is 0 Å². The minimum Gasteiger partial charge on any atom is -0.497 e. The maximum absolute atomic E-state index is 12.4. The van der Waals surface area contributed by atoms with Gasteiger partial charge in [0.25, 0.3) is 0 Å². The molecule has 6 nitrogen and oxygen atoms in total. The van der Waals surface area contributed by atoms with E-state index < -0.39 is 12.1 Å². The molecule has 0 fully saturated rings.